The van der Waals surface area contributed by atoms with Gasteiger partial charge in [0, 0.05) is 17.8 Å². The fourth-order valence-corrected chi connectivity index (χ4v) is 4.52. The molecule has 3 aromatic heterocycles. The predicted molar refractivity (Wildman–Crippen MR) is 118 cm³/mol. The van der Waals surface area contributed by atoms with Crippen LogP contribution in [0.25, 0.3) is 5.65 Å². The molecule has 4 rings (SSSR count). The van der Waals surface area contributed by atoms with E-state index in [9.17, 15) is 4.79 Å². The van der Waals surface area contributed by atoms with E-state index in [1.54, 1.807) is 21.8 Å². The smallest absolute Gasteiger partial charge is 0.258 e. The van der Waals surface area contributed by atoms with Gasteiger partial charge in [-0.2, -0.15) is 0 Å². The molecule has 0 fully saturated rings. The first kappa shape index (κ1) is 19.6. The number of nitrogens with zero attached hydrogens (tertiary/aromatic N) is 2. The Morgan fingerprint density at radius 2 is 1.97 bits per heavy atom. The van der Waals surface area contributed by atoms with Crippen molar-refractivity contribution in [2.75, 3.05) is 0 Å². The summed E-state index contributed by atoms with van der Waals surface area (Å²) in [5.41, 5.74) is 5.18. The first-order chi connectivity index (χ1) is 14.1. The zero-order valence-corrected chi connectivity index (χ0v) is 17.7. The average Bonchev–Trinajstić information content (AvgIpc) is 3.25. The van der Waals surface area contributed by atoms with Crippen molar-refractivity contribution in [1.82, 2.24) is 9.38 Å². The van der Waals surface area contributed by atoms with Crippen LogP contribution >= 0.6 is 11.3 Å². The molecule has 4 nitrogen and oxygen atoms in total. The van der Waals surface area contributed by atoms with Crippen LogP contribution in [0.4, 0.5) is 0 Å². The highest BCUT2D eigenvalue weighted by Gasteiger charge is 2.19. The summed E-state index contributed by atoms with van der Waals surface area (Å²) in [6, 6.07) is 18.9. The van der Waals surface area contributed by atoms with Crippen molar-refractivity contribution < 1.29 is 5.32 Å². The summed E-state index contributed by atoms with van der Waals surface area (Å²) < 4.78 is 1.61. The van der Waals surface area contributed by atoms with E-state index in [1.165, 1.54) is 16.0 Å². The van der Waals surface area contributed by atoms with Crippen LogP contribution in [0.1, 0.15) is 46.6 Å². The molecule has 1 atom stereocenters. The first-order valence-corrected chi connectivity index (χ1v) is 11.0. The van der Waals surface area contributed by atoms with Crippen LogP contribution in [0.3, 0.4) is 0 Å². The second-order valence-corrected chi connectivity index (χ2v) is 8.42. The maximum Gasteiger partial charge on any atom is 0.258 e. The van der Waals surface area contributed by atoms with Crippen molar-refractivity contribution in [2.24, 2.45) is 0 Å². The normalized spacial score (nSPS) is 12.3. The van der Waals surface area contributed by atoms with Crippen molar-refractivity contribution in [2.45, 2.75) is 39.3 Å². The molecule has 2 N–H and O–H groups in total. The Morgan fingerprint density at radius 3 is 2.69 bits per heavy atom. The lowest BCUT2D eigenvalue weighted by Crippen LogP contribution is -2.84. The standard InChI is InChI=1S/C24H25N3OS/c1-3-5-18-8-10-19(11-9-18)24(21-6-4-13-29-21)25-15-20-14-23(28)27-16-17(2)7-12-22(27)26-20/h4,6-14,16,24-25H,3,5,15H2,1-2H3/p+1/t24-/m1/s1. The summed E-state index contributed by atoms with van der Waals surface area (Å²) in [6.45, 7) is 4.83. The van der Waals surface area contributed by atoms with Gasteiger partial charge in [-0.15, -0.1) is 11.3 Å². The molecule has 0 radical (unpaired) electrons. The van der Waals surface area contributed by atoms with Gasteiger partial charge in [0.1, 0.15) is 23.9 Å². The van der Waals surface area contributed by atoms with Gasteiger partial charge >= 0.3 is 0 Å². The van der Waals surface area contributed by atoms with Gasteiger partial charge in [-0.3, -0.25) is 9.20 Å². The quantitative estimate of drug-likeness (QED) is 0.508. The van der Waals surface area contributed by atoms with Gasteiger partial charge < -0.3 is 5.32 Å². The zero-order valence-electron chi connectivity index (χ0n) is 16.8. The van der Waals surface area contributed by atoms with Crippen LogP contribution in [-0.2, 0) is 13.0 Å². The van der Waals surface area contributed by atoms with Crippen LogP contribution < -0.4 is 10.9 Å². The third kappa shape index (κ3) is 4.47. The van der Waals surface area contributed by atoms with Gasteiger partial charge in [0.25, 0.3) is 5.56 Å². The Labute approximate surface area is 174 Å². The van der Waals surface area contributed by atoms with E-state index in [2.05, 4.69) is 54.0 Å². The molecule has 0 amide bonds. The van der Waals surface area contributed by atoms with Crippen molar-refractivity contribution in [1.29, 1.82) is 0 Å². The minimum atomic E-state index is -0.0290. The fraction of sp³-hybridized carbons (Fsp3) is 0.250. The molecule has 0 spiro atoms. The van der Waals surface area contributed by atoms with Gasteiger partial charge in [0.05, 0.1) is 4.88 Å². The number of aromatic nitrogens is 2. The third-order valence-corrected chi connectivity index (χ3v) is 6.11. The lowest BCUT2D eigenvalue weighted by molar-refractivity contribution is -0.702. The van der Waals surface area contributed by atoms with Crippen molar-refractivity contribution >= 4 is 17.0 Å². The second kappa shape index (κ2) is 8.72. The largest absolute Gasteiger partial charge is 0.331 e. The number of fused-ring (bicyclic) bond motifs is 1. The van der Waals surface area contributed by atoms with Gasteiger partial charge in [-0.25, -0.2) is 4.98 Å². The molecule has 3 heterocycles. The predicted octanol–water partition coefficient (Wildman–Crippen LogP) is 3.87. The van der Waals surface area contributed by atoms with Crippen molar-refractivity contribution in [3.63, 3.8) is 0 Å². The maximum absolute atomic E-state index is 12.5. The van der Waals surface area contributed by atoms with Crippen LogP contribution in [0, 0.1) is 6.92 Å². The van der Waals surface area contributed by atoms with Gasteiger partial charge in [0.2, 0.25) is 0 Å². The number of hydrogen-bond acceptors (Lipinski definition) is 3. The van der Waals surface area contributed by atoms with E-state index in [0.29, 0.717) is 12.2 Å². The van der Waals surface area contributed by atoms with E-state index >= 15 is 0 Å². The molecule has 0 unspecified atom stereocenters. The molecule has 0 saturated heterocycles. The molecule has 0 saturated carbocycles. The summed E-state index contributed by atoms with van der Waals surface area (Å²) in [6.07, 6.45) is 4.10. The highest BCUT2D eigenvalue weighted by atomic mass is 32.1. The number of quaternary nitrogens is 1. The Bertz CT molecular complexity index is 1150. The molecule has 0 aliphatic heterocycles. The molecule has 1 aromatic carbocycles. The lowest BCUT2D eigenvalue weighted by atomic mass is 10.0. The molecular formula is C24H26N3OS+. The Kier molecular flexibility index (Phi) is 5.88. The monoisotopic (exact) mass is 404 g/mol. The van der Waals surface area contributed by atoms with Crippen LogP contribution in [0.5, 0.6) is 0 Å². The molecule has 0 bridgehead atoms. The van der Waals surface area contributed by atoms with E-state index in [1.807, 2.05) is 25.3 Å². The van der Waals surface area contributed by atoms with Gasteiger partial charge in [-0.1, -0.05) is 49.7 Å². The van der Waals surface area contributed by atoms with Crippen molar-refractivity contribution in [3.05, 3.63) is 104 Å². The number of pyridine rings is 1. The number of nitrogens with two attached hydrogens (primary N) is 1. The van der Waals surface area contributed by atoms with Gasteiger partial charge in [-0.05, 0) is 42.0 Å². The van der Waals surface area contributed by atoms with Gasteiger partial charge in [0.15, 0.2) is 0 Å². The number of aryl methyl sites for hydroxylation is 2. The summed E-state index contributed by atoms with van der Waals surface area (Å²) in [5, 5.41) is 4.39. The molecular weight excluding hydrogens is 378 g/mol. The topological polar surface area (TPSA) is 51.0 Å². The van der Waals surface area contributed by atoms with E-state index in [4.69, 9.17) is 4.98 Å². The number of thiophene rings is 1. The lowest BCUT2D eigenvalue weighted by Gasteiger charge is -2.15. The van der Waals surface area contributed by atoms with E-state index in [0.717, 1.165) is 24.1 Å². The van der Waals surface area contributed by atoms with Crippen LogP contribution in [-0.4, -0.2) is 9.38 Å². The molecule has 29 heavy (non-hydrogen) atoms. The number of benzene rings is 1. The van der Waals surface area contributed by atoms with Crippen LogP contribution in [0.2, 0.25) is 0 Å². The minimum absolute atomic E-state index is 0.0290. The fourth-order valence-electron chi connectivity index (χ4n) is 3.67. The highest BCUT2D eigenvalue weighted by Crippen LogP contribution is 2.23. The first-order valence-electron chi connectivity index (χ1n) is 10.1. The summed E-state index contributed by atoms with van der Waals surface area (Å²) in [7, 11) is 0. The molecule has 5 heteroatoms. The average molecular weight is 405 g/mol. The number of rotatable bonds is 7. The molecule has 0 aliphatic rings. The summed E-state index contributed by atoms with van der Waals surface area (Å²) in [4.78, 5) is 18.5. The van der Waals surface area contributed by atoms with E-state index < -0.39 is 0 Å². The molecule has 148 valence electrons. The third-order valence-electron chi connectivity index (χ3n) is 5.15. The van der Waals surface area contributed by atoms with Crippen molar-refractivity contribution in [3.8, 4) is 0 Å². The van der Waals surface area contributed by atoms with E-state index in [-0.39, 0.29) is 11.6 Å². The molecule has 0 aliphatic carbocycles. The molecule has 4 aromatic rings. The maximum atomic E-state index is 12.5. The van der Waals surface area contributed by atoms with Crippen LogP contribution in [0.15, 0.2) is 71.0 Å². The minimum Gasteiger partial charge on any atom is -0.331 e. The Hall–Kier alpha value is -2.76. The summed E-state index contributed by atoms with van der Waals surface area (Å²) in [5.74, 6) is 0. The second-order valence-electron chi connectivity index (χ2n) is 7.44. The highest BCUT2D eigenvalue weighted by molar-refractivity contribution is 7.10. The summed E-state index contributed by atoms with van der Waals surface area (Å²) >= 11 is 1.77. The zero-order chi connectivity index (χ0) is 20.2. The number of hydrogen-bond donors (Lipinski definition) is 1. The Balaban J connectivity index is 1.59. The Morgan fingerprint density at radius 1 is 1.14 bits per heavy atom. The SMILES string of the molecule is CCCc1ccc([C@@H]([NH2+]Cc2cc(=O)n3cc(C)ccc3n2)c2cccs2)cc1.